The largest absolute Gasteiger partial charge is 0.360 e. The van der Waals surface area contributed by atoms with Crippen molar-refractivity contribution in [2.24, 2.45) is 0 Å². The molecule has 0 bridgehead atoms. The molecule has 0 saturated carbocycles. The molecule has 0 fully saturated rings. The van der Waals surface area contributed by atoms with E-state index in [-0.39, 0.29) is 6.84 Å². The van der Waals surface area contributed by atoms with Gasteiger partial charge in [0.2, 0.25) is 0 Å². The zero-order valence-electron chi connectivity index (χ0n) is 10.5. The maximum atomic E-state index is 5.36. The second-order valence-corrected chi connectivity index (χ2v) is 12.5. The molecule has 2 rings (SSSR count). The lowest BCUT2D eigenvalue weighted by Gasteiger charge is -2.11. The molecule has 0 aromatic carbocycles. The summed E-state index contributed by atoms with van der Waals surface area (Å²) in [5.74, 6) is 0.862. The number of hydrogen-bond donors (Lipinski definition) is 0. The number of alkyl halides is 2. The van der Waals surface area contributed by atoms with E-state index < -0.39 is 0 Å². The van der Waals surface area contributed by atoms with Gasteiger partial charge >= 0.3 is 0 Å². The summed E-state index contributed by atoms with van der Waals surface area (Å²) in [5.41, 5.74) is 0.723. The normalized spacial score (nSPS) is 13.0. The number of rotatable bonds is 2. The van der Waals surface area contributed by atoms with Crippen molar-refractivity contribution >= 4 is 56.5 Å². The maximum Gasteiger partial charge on any atom is 0.169 e. The number of hydrogen-bond acceptors (Lipinski definition) is 5. The van der Waals surface area contributed by atoms with Crippen LogP contribution in [0.25, 0.3) is 10.7 Å². The molecule has 0 aliphatic carbocycles. The van der Waals surface area contributed by atoms with E-state index in [9.17, 15) is 0 Å². The zero-order chi connectivity index (χ0) is 13.6. The van der Waals surface area contributed by atoms with Crippen LogP contribution < -0.4 is 0 Å². The first-order valence-electron chi connectivity index (χ1n) is 5.37. The van der Waals surface area contributed by atoms with Crippen LogP contribution in [-0.2, 0) is 6.84 Å². The van der Waals surface area contributed by atoms with Crippen LogP contribution in [0.2, 0.25) is 0 Å². The Hall–Kier alpha value is 0.230. The average molecular weight is 489 g/mol. The maximum absolute atomic E-state index is 5.36. The standard InChI is InChI=1S/C11H13I2N3OS/c1-10(2,3)7-5-6(16-17-7)8-14-15-9(18-8)11(4,12)13/h5H,1-4H3. The van der Waals surface area contributed by atoms with Crippen molar-refractivity contribution in [2.45, 2.75) is 34.5 Å². The summed E-state index contributed by atoms with van der Waals surface area (Å²) < 4.78 is 5.32. The fourth-order valence-corrected chi connectivity index (χ4v) is 2.84. The van der Waals surface area contributed by atoms with Crippen molar-refractivity contribution in [1.82, 2.24) is 15.4 Å². The van der Waals surface area contributed by atoms with Gasteiger partial charge in [-0.15, -0.1) is 10.2 Å². The van der Waals surface area contributed by atoms with Crippen LogP contribution in [0.15, 0.2) is 10.6 Å². The summed E-state index contributed by atoms with van der Waals surface area (Å²) in [6.07, 6.45) is 0. The molecule has 0 spiro atoms. The van der Waals surface area contributed by atoms with Gasteiger partial charge in [0.15, 0.2) is 5.01 Å². The van der Waals surface area contributed by atoms with E-state index in [0.717, 1.165) is 21.5 Å². The lowest BCUT2D eigenvalue weighted by atomic mass is 9.93. The zero-order valence-corrected chi connectivity index (χ0v) is 15.6. The Morgan fingerprint density at radius 3 is 2.28 bits per heavy atom. The van der Waals surface area contributed by atoms with Gasteiger partial charge in [-0.3, -0.25) is 0 Å². The van der Waals surface area contributed by atoms with Crippen molar-refractivity contribution in [1.29, 1.82) is 0 Å². The average Bonchev–Trinajstić information content (AvgIpc) is 2.84. The van der Waals surface area contributed by atoms with E-state index in [1.54, 1.807) is 11.3 Å². The molecule has 0 atom stereocenters. The molecule has 4 nitrogen and oxygen atoms in total. The van der Waals surface area contributed by atoms with E-state index in [0.29, 0.717) is 0 Å². The molecule has 0 aliphatic rings. The fraction of sp³-hybridized carbons (Fsp3) is 0.545. The van der Waals surface area contributed by atoms with Crippen molar-refractivity contribution in [3.63, 3.8) is 0 Å². The van der Waals surface area contributed by atoms with Crippen LogP contribution in [0.5, 0.6) is 0 Å². The van der Waals surface area contributed by atoms with E-state index in [1.807, 2.05) is 6.07 Å². The van der Waals surface area contributed by atoms with Gasteiger partial charge < -0.3 is 4.52 Å². The molecular weight excluding hydrogens is 476 g/mol. The third-order valence-corrected chi connectivity index (χ3v) is 5.19. The molecule has 2 aromatic rings. The second-order valence-electron chi connectivity index (χ2n) is 5.13. The summed E-state index contributed by atoms with van der Waals surface area (Å²) in [6.45, 7) is 8.38. The highest BCUT2D eigenvalue weighted by Gasteiger charge is 2.26. The second kappa shape index (κ2) is 4.97. The Labute approximate surface area is 137 Å². The summed E-state index contributed by atoms with van der Waals surface area (Å²) in [7, 11) is 0. The third-order valence-electron chi connectivity index (χ3n) is 2.27. The molecule has 0 radical (unpaired) electrons. The molecule has 0 aliphatic heterocycles. The van der Waals surface area contributed by atoms with E-state index in [1.165, 1.54) is 0 Å². The monoisotopic (exact) mass is 489 g/mol. The van der Waals surface area contributed by atoms with Crippen LogP contribution >= 0.6 is 56.5 Å². The highest BCUT2D eigenvalue weighted by atomic mass is 127. The predicted molar refractivity (Wildman–Crippen MR) is 89.5 cm³/mol. The van der Waals surface area contributed by atoms with Crippen molar-refractivity contribution in [2.75, 3.05) is 0 Å². The van der Waals surface area contributed by atoms with E-state index in [4.69, 9.17) is 4.52 Å². The summed E-state index contributed by atoms with van der Waals surface area (Å²) in [4.78, 5) is 0. The molecule has 2 aromatic heterocycles. The minimum atomic E-state index is -0.0419. The quantitative estimate of drug-likeness (QED) is 0.460. The van der Waals surface area contributed by atoms with Crippen molar-refractivity contribution in [3.8, 4) is 10.7 Å². The topological polar surface area (TPSA) is 51.8 Å². The van der Waals surface area contributed by atoms with Crippen molar-refractivity contribution in [3.05, 3.63) is 16.8 Å². The Bertz CT molecular complexity index is 501. The first kappa shape index (κ1) is 14.6. The number of halogens is 2. The van der Waals surface area contributed by atoms with Crippen LogP contribution in [0.1, 0.15) is 38.5 Å². The molecule has 0 N–H and O–H groups in total. The summed E-state index contributed by atoms with van der Waals surface area (Å²) >= 11 is 6.25. The molecule has 18 heavy (non-hydrogen) atoms. The van der Waals surface area contributed by atoms with Crippen LogP contribution in [-0.4, -0.2) is 15.4 Å². The number of aromatic nitrogens is 3. The highest BCUT2D eigenvalue weighted by molar-refractivity contribution is 14.2. The molecule has 7 heteroatoms. The van der Waals surface area contributed by atoms with E-state index in [2.05, 4.69) is 88.2 Å². The highest BCUT2D eigenvalue weighted by Crippen LogP contribution is 2.41. The van der Waals surface area contributed by atoms with Gasteiger partial charge in [-0.1, -0.05) is 82.4 Å². The van der Waals surface area contributed by atoms with Gasteiger partial charge in [0, 0.05) is 11.5 Å². The first-order chi connectivity index (χ1) is 8.18. The lowest BCUT2D eigenvalue weighted by molar-refractivity contribution is 0.330. The van der Waals surface area contributed by atoms with Gasteiger partial charge in [-0.25, -0.2) is 0 Å². The Morgan fingerprint density at radius 2 is 1.83 bits per heavy atom. The Balaban J connectivity index is 2.33. The smallest absolute Gasteiger partial charge is 0.169 e. The van der Waals surface area contributed by atoms with Gasteiger partial charge in [-0.05, 0) is 6.92 Å². The molecular formula is C11H13I2N3OS. The van der Waals surface area contributed by atoms with Gasteiger partial charge in [-0.2, -0.15) is 0 Å². The first-order valence-corrected chi connectivity index (χ1v) is 8.35. The van der Waals surface area contributed by atoms with Gasteiger partial charge in [0.25, 0.3) is 0 Å². The molecule has 98 valence electrons. The number of nitrogens with zero attached hydrogens (tertiary/aromatic N) is 3. The minimum absolute atomic E-state index is 0.0397. The predicted octanol–water partition coefficient (Wildman–Crippen LogP) is 4.53. The summed E-state index contributed by atoms with van der Waals surface area (Å²) in [6, 6.07) is 1.95. The van der Waals surface area contributed by atoms with E-state index >= 15 is 0 Å². The molecule has 2 heterocycles. The Kier molecular flexibility index (Phi) is 4.04. The molecule has 0 amide bonds. The summed E-state index contributed by atoms with van der Waals surface area (Å²) in [5, 5.41) is 14.3. The van der Waals surface area contributed by atoms with Crippen molar-refractivity contribution < 1.29 is 4.52 Å². The Morgan fingerprint density at radius 1 is 1.17 bits per heavy atom. The molecule has 0 saturated heterocycles. The van der Waals surface area contributed by atoms with Crippen LogP contribution in [0.4, 0.5) is 0 Å². The van der Waals surface area contributed by atoms with Crippen LogP contribution in [0.3, 0.4) is 0 Å². The SMILES string of the molecule is CC(C)(C)c1cc(-c2nnc(C(C)(I)I)s2)no1. The van der Waals surface area contributed by atoms with Gasteiger partial charge in [0.1, 0.15) is 17.9 Å². The lowest BCUT2D eigenvalue weighted by Crippen LogP contribution is -2.09. The third kappa shape index (κ3) is 3.21. The van der Waals surface area contributed by atoms with Crippen LogP contribution in [0, 0.1) is 0 Å². The fourth-order valence-electron chi connectivity index (χ4n) is 1.23. The minimum Gasteiger partial charge on any atom is -0.360 e. The molecule has 0 unspecified atom stereocenters. The van der Waals surface area contributed by atoms with Gasteiger partial charge in [0.05, 0.1) is 0 Å².